The maximum Gasteiger partial charge on any atom is 0.259 e. The highest BCUT2D eigenvalue weighted by Gasteiger charge is 2.18. The van der Waals surface area contributed by atoms with Crippen molar-refractivity contribution >= 4 is 22.0 Å². The van der Waals surface area contributed by atoms with Crippen LogP contribution in [0.5, 0.6) is 0 Å². The smallest absolute Gasteiger partial charge is 0.259 e. The van der Waals surface area contributed by atoms with E-state index in [4.69, 9.17) is 4.98 Å². The van der Waals surface area contributed by atoms with Crippen LogP contribution in [0, 0.1) is 0 Å². The van der Waals surface area contributed by atoms with Crippen molar-refractivity contribution in [3.05, 3.63) is 62.5 Å². The molecule has 4 rings (SSSR count). The number of nitrogens with one attached hydrogen (secondary N) is 1. The van der Waals surface area contributed by atoms with Gasteiger partial charge in [0.2, 0.25) is 0 Å². The Labute approximate surface area is 157 Å². The van der Waals surface area contributed by atoms with E-state index in [0.717, 1.165) is 35.6 Å². The van der Waals surface area contributed by atoms with Crippen molar-refractivity contribution in [2.24, 2.45) is 0 Å². The number of hydrogen-bond donors (Lipinski definition) is 1. The number of nitrogens with zero attached hydrogens (tertiary/aromatic N) is 2. The van der Waals surface area contributed by atoms with E-state index >= 15 is 0 Å². The predicted octanol–water partition coefficient (Wildman–Crippen LogP) is 4.76. The molecule has 0 aliphatic heterocycles. The Balaban J connectivity index is 1.53. The lowest BCUT2D eigenvalue weighted by Gasteiger charge is -2.11. The van der Waals surface area contributed by atoms with Crippen molar-refractivity contribution < 1.29 is 0 Å². The molecule has 0 amide bonds. The van der Waals surface area contributed by atoms with E-state index in [1.54, 1.807) is 17.4 Å². The van der Waals surface area contributed by atoms with Gasteiger partial charge in [0.25, 0.3) is 5.56 Å². The molecule has 0 saturated carbocycles. The molecule has 1 aliphatic carbocycles. The van der Waals surface area contributed by atoms with Crippen molar-refractivity contribution in [3.63, 3.8) is 0 Å². The average Bonchev–Trinajstić information content (AvgIpc) is 3.05. The molecule has 1 N–H and O–H groups in total. The van der Waals surface area contributed by atoms with Crippen LogP contribution in [0.2, 0.25) is 0 Å². The zero-order valence-electron chi connectivity index (χ0n) is 15.4. The van der Waals surface area contributed by atoms with Crippen LogP contribution in [-0.4, -0.2) is 9.38 Å². The molecule has 0 radical (unpaired) electrons. The fourth-order valence-corrected chi connectivity index (χ4v) is 4.82. The van der Waals surface area contributed by atoms with Crippen molar-refractivity contribution in [1.82, 2.24) is 9.38 Å². The fraction of sp³-hybridized carbons (Fsp3) is 0.429. The molecule has 0 spiro atoms. The highest BCUT2D eigenvalue weighted by atomic mass is 32.1. The number of anilines is 1. The third-order valence-electron chi connectivity index (χ3n) is 5.38. The van der Waals surface area contributed by atoms with E-state index in [-0.39, 0.29) is 5.56 Å². The zero-order valence-corrected chi connectivity index (χ0v) is 16.2. The van der Waals surface area contributed by atoms with Gasteiger partial charge in [0.15, 0.2) is 4.96 Å². The molecule has 4 nitrogen and oxygen atoms in total. The Morgan fingerprint density at radius 2 is 2.00 bits per heavy atom. The van der Waals surface area contributed by atoms with Crippen LogP contribution in [0.25, 0.3) is 4.96 Å². The summed E-state index contributed by atoms with van der Waals surface area (Å²) in [5.74, 6) is 0.582. The van der Waals surface area contributed by atoms with E-state index in [0.29, 0.717) is 12.5 Å². The summed E-state index contributed by atoms with van der Waals surface area (Å²) < 4.78 is 1.82. The molecule has 0 saturated heterocycles. The molecule has 5 heteroatoms. The lowest BCUT2D eigenvalue weighted by Crippen LogP contribution is -2.18. The van der Waals surface area contributed by atoms with Gasteiger partial charge in [0.05, 0.1) is 12.2 Å². The van der Waals surface area contributed by atoms with E-state index in [9.17, 15) is 4.79 Å². The number of thiazole rings is 1. The highest BCUT2D eigenvalue weighted by Crippen LogP contribution is 2.28. The monoisotopic (exact) mass is 367 g/mol. The Hall–Kier alpha value is -2.14. The Morgan fingerprint density at radius 1 is 1.23 bits per heavy atom. The number of aryl methyl sites for hydroxylation is 2. The minimum Gasteiger partial charge on any atom is -0.379 e. The van der Waals surface area contributed by atoms with Crippen LogP contribution in [0.4, 0.5) is 5.69 Å². The lowest BCUT2D eigenvalue weighted by atomic mass is 9.99. The number of hydrogen-bond acceptors (Lipinski definition) is 4. The summed E-state index contributed by atoms with van der Waals surface area (Å²) in [6.07, 6.45) is 5.61. The lowest BCUT2D eigenvalue weighted by molar-refractivity contribution is 0.670. The van der Waals surface area contributed by atoms with E-state index in [1.165, 1.54) is 29.0 Å². The molecule has 2 aromatic heterocycles. The molecule has 3 aromatic rings. The highest BCUT2D eigenvalue weighted by molar-refractivity contribution is 7.17. The van der Waals surface area contributed by atoms with Crippen LogP contribution in [0.15, 0.2) is 35.1 Å². The normalized spacial score (nSPS) is 15.0. The van der Waals surface area contributed by atoms with Crippen LogP contribution in [-0.2, 0) is 19.4 Å². The van der Waals surface area contributed by atoms with Crippen molar-refractivity contribution in [2.75, 3.05) is 5.32 Å². The molecule has 0 unspecified atom stereocenters. The van der Waals surface area contributed by atoms with Gasteiger partial charge >= 0.3 is 0 Å². The summed E-state index contributed by atoms with van der Waals surface area (Å²) in [4.78, 5) is 19.5. The third-order valence-corrected chi connectivity index (χ3v) is 6.52. The summed E-state index contributed by atoms with van der Waals surface area (Å²) in [6.45, 7) is 5.02. The first-order valence-electron chi connectivity index (χ1n) is 9.52. The van der Waals surface area contributed by atoms with E-state index in [2.05, 4.69) is 43.4 Å². The molecule has 0 fully saturated rings. The van der Waals surface area contributed by atoms with Crippen LogP contribution >= 0.6 is 11.3 Å². The minimum absolute atomic E-state index is 0.0540. The molecule has 136 valence electrons. The van der Waals surface area contributed by atoms with E-state index < -0.39 is 0 Å². The zero-order chi connectivity index (χ0) is 18.1. The third kappa shape index (κ3) is 3.28. The molecule has 1 aromatic carbocycles. The summed E-state index contributed by atoms with van der Waals surface area (Å²) in [7, 11) is 0. The van der Waals surface area contributed by atoms with Gasteiger partial charge in [-0.15, -0.1) is 11.3 Å². The second-order valence-electron chi connectivity index (χ2n) is 7.17. The SMILES string of the molecule is CC[C@@H](C)c1ccc(NCc2cc(=O)n3c4c(sc3n2)CCCC4)cc1. The Bertz CT molecular complexity index is 971. The van der Waals surface area contributed by atoms with Gasteiger partial charge in [0.1, 0.15) is 0 Å². The quantitative estimate of drug-likeness (QED) is 0.707. The summed E-state index contributed by atoms with van der Waals surface area (Å²) in [5.41, 5.74) is 4.47. The van der Waals surface area contributed by atoms with Crippen molar-refractivity contribution in [2.45, 2.75) is 58.4 Å². The van der Waals surface area contributed by atoms with Crippen LogP contribution < -0.4 is 10.9 Å². The molecule has 2 heterocycles. The molecule has 1 atom stereocenters. The summed E-state index contributed by atoms with van der Waals surface area (Å²) in [6, 6.07) is 10.2. The Kier molecular flexibility index (Phi) is 4.81. The number of fused-ring (bicyclic) bond motifs is 3. The average molecular weight is 368 g/mol. The first-order valence-corrected chi connectivity index (χ1v) is 10.3. The van der Waals surface area contributed by atoms with Crippen LogP contribution in [0.1, 0.15) is 60.9 Å². The van der Waals surface area contributed by atoms with Gasteiger partial charge in [-0.2, -0.15) is 0 Å². The van der Waals surface area contributed by atoms with E-state index in [1.807, 2.05) is 4.40 Å². The maximum atomic E-state index is 12.6. The van der Waals surface area contributed by atoms with Gasteiger partial charge in [-0.3, -0.25) is 9.20 Å². The van der Waals surface area contributed by atoms with Crippen LogP contribution in [0.3, 0.4) is 0 Å². The predicted molar refractivity (Wildman–Crippen MR) is 108 cm³/mol. The first-order chi connectivity index (χ1) is 12.7. The summed E-state index contributed by atoms with van der Waals surface area (Å²) >= 11 is 1.68. The molecule has 26 heavy (non-hydrogen) atoms. The van der Waals surface area contributed by atoms with Gasteiger partial charge in [-0.25, -0.2) is 4.98 Å². The van der Waals surface area contributed by atoms with Gasteiger partial charge < -0.3 is 5.32 Å². The van der Waals surface area contributed by atoms with Crippen molar-refractivity contribution in [3.8, 4) is 0 Å². The molecular weight excluding hydrogens is 342 g/mol. The van der Waals surface area contributed by atoms with Gasteiger partial charge in [-0.1, -0.05) is 26.0 Å². The maximum absolute atomic E-state index is 12.6. The summed E-state index contributed by atoms with van der Waals surface area (Å²) in [5, 5.41) is 3.39. The van der Waals surface area contributed by atoms with Crippen molar-refractivity contribution in [1.29, 1.82) is 0 Å². The first kappa shape index (κ1) is 17.3. The topological polar surface area (TPSA) is 46.4 Å². The number of benzene rings is 1. The fourth-order valence-electron chi connectivity index (χ4n) is 3.59. The molecular formula is C21H25N3OS. The largest absolute Gasteiger partial charge is 0.379 e. The molecule has 0 bridgehead atoms. The Morgan fingerprint density at radius 3 is 2.77 bits per heavy atom. The standard InChI is InChI=1S/C21H25N3OS/c1-3-14(2)15-8-10-16(11-9-15)22-13-17-12-20(25)24-18-6-4-5-7-19(18)26-21(24)23-17/h8-12,14,22H,3-7,13H2,1-2H3/t14-/m1/s1. The van der Waals surface area contributed by atoms with Gasteiger partial charge in [0, 0.05) is 22.3 Å². The second-order valence-corrected chi connectivity index (χ2v) is 8.23. The minimum atomic E-state index is 0.0540. The van der Waals surface area contributed by atoms with Gasteiger partial charge in [-0.05, 0) is 55.7 Å². The molecule has 1 aliphatic rings. The number of aromatic nitrogens is 2. The number of rotatable bonds is 5. The second kappa shape index (κ2) is 7.23.